The van der Waals surface area contributed by atoms with E-state index >= 15 is 0 Å². The van der Waals surface area contributed by atoms with E-state index in [4.69, 9.17) is 0 Å². The Morgan fingerprint density at radius 2 is 2.17 bits per heavy atom. The molecule has 0 fully saturated rings. The van der Waals surface area contributed by atoms with Crippen molar-refractivity contribution in [1.82, 2.24) is 9.97 Å². The summed E-state index contributed by atoms with van der Waals surface area (Å²) in [5, 5.41) is 0. The Labute approximate surface area is 100 Å². The van der Waals surface area contributed by atoms with E-state index < -0.39 is 24.6 Å². The van der Waals surface area contributed by atoms with E-state index in [0.29, 0.717) is 0 Å². The van der Waals surface area contributed by atoms with E-state index in [2.05, 4.69) is 26.0 Å². The fraction of sp³-hybridized carbons (Fsp3) is 0.300. The van der Waals surface area contributed by atoms with E-state index in [0.717, 1.165) is 13.4 Å². The van der Waals surface area contributed by atoms with Crippen LogP contribution < -0.4 is 4.74 Å². The molecule has 8 heteroatoms. The van der Waals surface area contributed by atoms with Gasteiger partial charge in [0.15, 0.2) is 6.61 Å². The van der Waals surface area contributed by atoms with E-state index in [1.54, 1.807) is 0 Å². The van der Waals surface area contributed by atoms with Gasteiger partial charge in [0.2, 0.25) is 5.88 Å². The van der Waals surface area contributed by atoms with Crippen LogP contribution >= 0.6 is 0 Å². The second-order valence-electron chi connectivity index (χ2n) is 3.04. The molecule has 0 aromatic carbocycles. The molecule has 0 saturated heterocycles. The third-order valence-corrected chi connectivity index (χ3v) is 1.80. The molecule has 0 atom stereocenters. The van der Waals surface area contributed by atoms with Crippen molar-refractivity contribution in [1.29, 1.82) is 0 Å². The zero-order valence-electron chi connectivity index (χ0n) is 9.32. The van der Waals surface area contributed by atoms with Crippen LogP contribution in [-0.2, 0) is 4.74 Å². The molecule has 98 valence electrons. The van der Waals surface area contributed by atoms with Gasteiger partial charge in [-0.2, -0.15) is 13.2 Å². The highest BCUT2D eigenvalue weighted by Crippen LogP contribution is 2.22. The van der Waals surface area contributed by atoms with Gasteiger partial charge in [-0.3, -0.25) is 0 Å². The maximum atomic E-state index is 12.0. The van der Waals surface area contributed by atoms with Crippen LogP contribution in [0, 0.1) is 0 Å². The Kier molecular flexibility index (Phi) is 4.24. The van der Waals surface area contributed by atoms with Gasteiger partial charge in [-0.25, -0.2) is 14.8 Å². The number of methoxy groups -OCH3 is 1. The number of halogens is 3. The second kappa shape index (κ2) is 5.48. The van der Waals surface area contributed by atoms with Gasteiger partial charge in [0.05, 0.1) is 12.8 Å². The molecule has 0 N–H and O–H groups in total. The minimum Gasteiger partial charge on any atom is -0.467 e. The van der Waals surface area contributed by atoms with Crippen molar-refractivity contribution in [3.8, 4) is 5.88 Å². The predicted octanol–water partition coefficient (Wildman–Crippen LogP) is 1.85. The third-order valence-electron chi connectivity index (χ3n) is 1.80. The molecule has 1 aromatic rings. The number of nitrogens with zero attached hydrogens (tertiary/aromatic N) is 2. The van der Waals surface area contributed by atoms with Gasteiger partial charge in [0.25, 0.3) is 0 Å². The molecule has 0 bridgehead atoms. The molecular weight excluding hydrogens is 253 g/mol. The van der Waals surface area contributed by atoms with Gasteiger partial charge in [0, 0.05) is 0 Å². The lowest BCUT2D eigenvalue weighted by molar-refractivity contribution is -0.154. The lowest BCUT2D eigenvalue weighted by Gasteiger charge is -2.11. The van der Waals surface area contributed by atoms with E-state index in [1.807, 2.05) is 0 Å². The first kappa shape index (κ1) is 13.9. The number of aromatic nitrogens is 2. The third kappa shape index (κ3) is 3.44. The van der Waals surface area contributed by atoms with Gasteiger partial charge in [-0.05, 0) is 6.08 Å². The molecule has 18 heavy (non-hydrogen) atoms. The SMILES string of the molecule is C=Cc1ncnc(OCC(F)(F)F)c1C(=O)OC. The molecule has 0 saturated carbocycles. The van der Waals surface area contributed by atoms with Crippen LogP contribution in [0.1, 0.15) is 16.1 Å². The van der Waals surface area contributed by atoms with Crippen molar-refractivity contribution >= 4 is 12.0 Å². The summed E-state index contributed by atoms with van der Waals surface area (Å²) < 4.78 is 45.0. The number of ether oxygens (including phenoxy) is 2. The average Bonchev–Trinajstić information content (AvgIpc) is 2.33. The number of hydrogen-bond donors (Lipinski definition) is 0. The Hall–Kier alpha value is -2.12. The van der Waals surface area contributed by atoms with Gasteiger partial charge >= 0.3 is 12.1 Å². The lowest BCUT2D eigenvalue weighted by atomic mass is 10.2. The summed E-state index contributed by atoms with van der Waals surface area (Å²) in [5.74, 6) is -1.40. The summed E-state index contributed by atoms with van der Waals surface area (Å²) in [6.45, 7) is 1.82. The van der Waals surface area contributed by atoms with Crippen molar-refractivity contribution in [2.45, 2.75) is 6.18 Å². The minimum atomic E-state index is -4.54. The number of carbonyl (C=O) groups is 1. The van der Waals surface area contributed by atoms with Crippen LogP contribution in [0.4, 0.5) is 13.2 Å². The molecule has 0 aliphatic rings. The number of carbonyl (C=O) groups excluding carboxylic acids is 1. The highest BCUT2D eigenvalue weighted by molar-refractivity contribution is 5.95. The van der Waals surface area contributed by atoms with Crippen molar-refractivity contribution in [2.75, 3.05) is 13.7 Å². The predicted molar refractivity (Wildman–Crippen MR) is 55.0 cm³/mol. The van der Waals surface area contributed by atoms with Crippen LogP contribution in [-0.4, -0.2) is 35.8 Å². The zero-order valence-corrected chi connectivity index (χ0v) is 9.32. The molecule has 0 aliphatic heterocycles. The summed E-state index contributed by atoms with van der Waals surface area (Å²) in [6.07, 6.45) is -2.38. The number of rotatable bonds is 4. The Balaban J connectivity index is 3.10. The van der Waals surface area contributed by atoms with Crippen LogP contribution in [0.5, 0.6) is 5.88 Å². The van der Waals surface area contributed by atoms with Crippen LogP contribution in [0.15, 0.2) is 12.9 Å². The Morgan fingerprint density at radius 3 is 2.67 bits per heavy atom. The van der Waals surface area contributed by atoms with Gasteiger partial charge in [-0.1, -0.05) is 6.58 Å². The van der Waals surface area contributed by atoms with Crippen LogP contribution in [0.3, 0.4) is 0 Å². The molecule has 0 radical (unpaired) electrons. The Bertz CT molecular complexity index is 460. The summed E-state index contributed by atoms with van der Waals surface area (Å²) in [6, 6.07) is 0. The van der Waals surface area contributed by atoms with Crippen molar-refractivity contribution in [2.24, 2.45) is 0 Å². The number of esters is 1. The topological polar surface area (TPSA) is 61.3 Å². The first-order chi connectivity index (χ1) is 8.39. The highest BCUT2D eigenvalue weighted by Gasteiger charge is 2.30. The minimum absolute atomic E-state index is 0.0361. The zero-order chi connectivity index (χ0) is 13.8. The summed E-state index contributed by atoms with van der Waals surface area (Å²) in [5.41, 5.74) is -0.256. The van der Waals surface area contributed by atoms with E-state index in [1.165, 1.54) is 6.08 Å². The monoisotopic (exact) mass is 262 g/mol. The van der Waals surface area contributed by atoms with Gasteiger partial charge < -0.3 is 9.47 Å². The van der Waals surface area contributed by atoms with Gasteiger partial charge in [0.1, 0.15) is 11.9 Å². The maximum Gasteiger partial charge on any atom is 0.422 e. The van der Waals surface area contributed by atoms with Crippen molar-refractivity contribution in [3.63, 3.8) is 0 Å². The van der Waals surface area contributed by atoms with Crippen LogP contribution in [0.25, 0.3) is 6.08 Å². The molecular formula is C10H9F3N2O3. The maximum absolute atomic E-state index is 12.0. The largest absolute Gasteiger partial charge is 0.467 e. The highest BCUT2D eigenvalue weighted by atomic mass is 19.4. The molecule has 1 aromatic heterocycles. The second-order valence-corrected chi connectivity index (χ2v) is 3.04. The van der Waals surface area contributed by atoms with E-state index in [9.17, 15) is 18.0 Å². The Morgan fingerprint density at radius 1 is 1.50 bits per heavy atom. The summed E-state index contributed by atoms with van der Waals surface area (Å²) in [4.78, 5) is 18.6. The molecule has 0 unspecified atom stereocenters. The first-order valence-corrected chi connectivity index (χ1v) is 4.64. The smallest absolute Gasteiger partial charge is 0.422 e. The first-order valence-electron chi connectivity index (χ1n) is 4.64. The van der Waals surface area contributed by atoms with Gasteiger partial charge in [-0.15, -0.1) is 0 Å². The molecule has 1 rings (SSSR count). The normalized spacial score (nSPS) is 10.9. The van der Waals surface area contributed by atoms with Crippen LogP contribution in [0.2, 0.25) is 0 Å². The quantitative estimate of drug-likeness (QED) is 0.775. The molecule has 1 heterocycles. The molecule has 0 spiro atoms. The standard InChI is InChI=1S/C10H9F3N2O3/c1-3-6-7(9(16)17-2)8(15-5-14-6)18-4-10(11,12)13/h3,5H,1,4H2,2H3. The summed E-state index contributed by atoms with van der Waals surface area (Å²) >= 11 is 0. The number of hydrogen-bond acceptors (Lipinski definition) is 5. The molecule has 0 aliphatic carbocycles. The fourth-order valence-corrected chi connectivity index (χ4v) is 1.09. The van der Waals surface area contributed by atoms with E-state index in [-0.39, 0.29) is 11.3 Å². The molecule has 0 amide bonds. The molecule has 5 nitrogen and oxygen atoms in total. The van der Waals surface area contributed by atoms with Crippen molar-refractivity contribution in [3.05, 3.63) is 24.2 Å². The summed E-state index contributed by atoms with van der Waals surface area (Å²) in [7, 11) is 1.08. The lowest BCUT2D eigenvalue weighted by Crippen LogP contribution is -2.21. The number of alkyl halides is 3. The fourth-order valence-electron chi connectivity index (χ4n) is 1.09. The van der Waals surface area contributed by atoms with Crippen molar-refractivity contribution < 1.29 is 27.4 Å². The average molecular weight is 262 g/mol.